The van der Waals surface area contributed by atoms with Crippen molar-refractivity contribution >= 4 is 40.6 Å². The van der Waals surface area contributed by atoms with Crippen LogP contribution in [0, 0.1) is 11.3 Å². The van der Waals surface area contributed by atoms with Gasteiger partial charge in [-0.3, -0.25) is 4.79 Å². The van der Waals surface area contributed by atoms with Gasteiger partial charge in [-0.25, -0.2) is 9.97 Å². The third-order valence-electron chi connectivity index (χ3n) is 6.63. The van der Waals surface area contributed by atoms with Crippen LogP contribution < -0.4 is 10.6 Å². The fraction of sp³-hybridized carbons (Fsp3) is 0.296. The van der Waals surface area contributed by atoms with Crippen molar-refractivity contribution in [2.24, 2.45) is 5.73 Å². The number of pyridine rings is 1. The molecule has 1 saturated heterocycles. The predicted octanol–water partition coefficient (Wildman–Crippen LogP) is 4.89. The quantitative estimate of drug-likeness (QED) is 0.339. The van der Waals surface area contributed by atoms with E-state index in [0.29, 0.717) is 53.1 Å². The first-order chi connectivity index (χ1) is 18.2. The minimum absolute atomic E-state index is 0.132. The third kappa shape index (κ3) is 4.78. The summed E-state index contributed by atoms with van der Waals surface area (Å²) in [5.41, 5.74) is 8.57. The van der Waals surface area contributed by atoms with Gasteiger partial charge < -0.3 is 15.4 Å². The van der Waals surface area contributed by atoms with Gasteiger partial charge in [-0.1, -0.05) is 35.3 Å². The van der Waals surface area contributed by atoms with Crippen LogP contribution in [-0.4, -0.2) is 50.3 Å². The standard InChI is InChI=1S/C27H25Cl2N7O2/c1-16(2)38-27(26(31)37)9-11-35(12-10-27)22-13-21(29)33-25-23(17-3-6-19(28)7-4-17)24(34-36(22)25)18-5-8-20(14-30)32-15-18/h3-8,13,15-16H,9-12H2,1-2H3,(H2,31,37). The monoisotopic (exact) mass is 549 g/mol. The zero-order valence-electron chi connectivity index (χ0n) is 20.9. The average molecular weight is 550 g/mol. The van der Waals surface area contributed by atoms with Crippen molar-refractivity contribution in [1.82, 2.24) is 19.6 Å². The second-order valence-corrected chi connectivity index (χ2v) is 10.3. The Hall–Kier alpha value is -3.71. The number of fused-ring (bicyclic) bond motifs is 1. The number of hydrogen-bond donors (Lipinski definition) is 1. The molecule has 0 bridgehead atoms. The minimum atomic E-state index is -1.02. The van der Waals surface area contributed by atoms with E-state index in [1.54, 1.807) is 41.0 Å². The summed E-state index contributed by atoms with van der Waals surface area (Å²) in [4.78, 5) is 23.3. The van der Waals surface area contributed by atoms with Crippen LogP contribution in [0.5, 0.6) is 0 Å². The Morgan fingerprint density at radius 3 is 2.39 bits per heavy atom. The molecule has 0 atom stereocenters. The summed E-state index contributed by atoms with van der Waals surface area (Å²) in [6.45, 7) is 4.81. The Bertz CT molecular complexity index is 1540. The highest BCUT2D eigenvalue weighted by atomic mass is 35.5. The maximum Gasteiger partial charge on any atom is 0.249 e. The lowest BCUT2D eigenvalue weighted by atomic mass is 9.90. The minimum Gasteiger partial charge on any atom is -0.367 e. The van der Waals surface area contributed by atoms with Crippen LogP contribution in [0.3, 0.4) is 0 Å². The first-order valence-electron chi connectivity index (χ1n) is 12.1. The van der Waals surface area contributed by atoms with Crippen molar-refractivity contribution in [3.05, 3.63) is 64.5 Å². The molecular weight excluding hydrogens is 525 g/mol. The maximum absolute atomic E-state index is 12.3. The van der Waals surface area contributed by atoms with Gasteiger partial charge in [-0.05, 0) is 43.7 Å². The second-order valence-electron chi connectivity index (χ2n) is 9.46. The Morgan fingerprint density at radius 1 is 1.13 bits per heavy atom. The fourth-order valence-corrected chi connectivity index (χ4v) is 5.16. The lowest BCUT2D eigenvalue weighted by Gasteiger charge is -2.41. The molecule has 4 aromatic rings. The number of piperidine rings is 1. The first-order valence-corrected chi connectivity index (χ1v) is 12.9. The van der Waals surface area contributed by atoms with Crippen LogP contribution in [0.4, 0.5) is 5.82 Å². The number of rotatable bonds is 6. The molecule has 1 aliphatic rings. The van der Waals surface area contributed by atoms with Crippen molar-refractivity contribution in [1.29, 1.82) is 5.26 Å². The van der Waals surface area contributed by atoms with Gasteiger partial charge in [0.2, 0.25) is 5.91 Å². The molecule has 0 unspecified atom stereocenters. The van der Waals surface area contributed by atoms with Gasteiger partial charge in [0.05, 0.1) is 11.7 Å². The molecule has 0 spiro atoms. The Balaban J connectivity index is 1.64. The number of aromatic nitrogens is 4. The predicted molar refractivity (Wildman–Crippen MR) is 146 cm³/mol. The summed E-state index contributed by atoms with van der Waals surface area (Å²) in [6.07, 6.45) is 2.35. The molecule has 3 aromatic heterocycles. The summed E-state index contributed by atoms with van der Waals surface area (Å²) in [6, 6.07) is 14.6. The molecule has 0 radical (unpaired) electrons. The smallest absolute Gasteiger partial charge is 0.249 e. The SMILES string of the molecule is CC(C)OC1(C(N)=O)CCN(c2cc(Cl)nc3c(-c4ccc(Cl)cc4)c(-c4ccc(C#N)nc4)nn23)CC1. The van der Waals surface area contributed by atoms with E-state index < -0.39 is 11.5 Å². The van der Waals surface area contributed by atoms with Crippen LogP contribution in [0.1, 0.15) is 32.4 Å². The number of carbonyl (C=O) groups is 1. The van der Waals surface area contributed by atoms with Gasteiger partial charge in [0, 0.05) is 48.8 Å². The summed E-state index contributed by atoms with van der Waals surface area (Å²) < 4.78 is 7.75. The molecule has 9 nitrogen and oxygen atoms in total. The zero-order valence-corrected chi connectivity index (χ0v) is 22.4. The third-order valence-corrected chi connectivity index (χ3v) is 7.07. The zero-order chi connectivity index (χ0) is 27.0. The van der Waals surface area contributed by atoms with E-state index in [2.05, 4.69) is 14.9 Å². The number of hydrogen-bond acceptors (Lipinski definition) is 7. The van der Waals surface area contributed by atoms with E-state index in [1.807, 2.05) is 32.0 Å². The number of amides is 1. The van der Waals surface area contributed by atoms with E-state index in [9.17, 15) is 10.1 Å². The van der Waals surface area contributed by atoms with Gasteiger partial charge in [0.1, 0.15) is 34.0 Å². The molecule has 11 heteroatoms. The fourth-order valence-electron chi connectivity index (χ4n) is 4.85. The number of anilines is 1. The Labute approximate surface area is 229 Å². The summed E-state index contributed by atoms with van der Waals surface area (Å²) in [7, 11) is 0. The van der Waals surface area contributed by atoms with Crippen LogP contribution in [0.15, 0.2) is 48.7 Å². The number of primary amides is 1. The number of ether oxygens (including phenoxy) is 1. The van der Waals surface area contributed by atoms with Crippen LogP contribution in [0.2, 0.25) is 10.2 Å². The number of nitrogens with zero attached hydrogens (tertiary/aromatic N) is 6. The Morgan fingerprint density at radius 2 is 1.82 bits per heavy atom. The van der Waals surface area contributed by atoms with E-state index in [4.69, 9.17) is 38.8 Å². The van der Waals surface area contributed by atoms with Crippen molar-refractivity contribution < 1.29 is 9.53 Å². The van der Waals surface area contributed by atoms with Gasteiger partial charge in [-0.2, -0.15) is 14.9 Å². The molecule has 1 aromatic carbocycles. The highest BCUT2D eigenvalue weighted by Gasteiger charge is 2.42. The maximum atomic E-state index is 12.3. The molecular formula is C27H25Cl2N7O2. The topological polar surface area (TPSA) is 122 Å². The van der Waals surface area contributed by atoms with Crippen molar-refractivity contribution in [2.75, 3.05) is 18.0 Å². The molecule has 1 fully saturated rings. The molecule has 38 heavy (non-hydrogen) atoms. The van der Waals surface area contributed by atoms with Crippen molar-refractivity contribution in [3.8, 4) is 28.5 Å². The number of benzene rings is 1. The summed E-state index contributed by atoms with van der Waals surface area (Å²) in [5, 5.41) is 15.0. The van der Waals surface area contributed by atoms with Gasteiger partial charge >= 0.3 is 0 Å². The first kappa shape index (κ1) is 25.9. The van der Waals surface area contributed by atoms with E-state index >= 15 is 0 Å². The molecule has 4 heterocycles. The van der Waals surface area contributed by atoms with Gasteiger partial charge in [0.15, 0.2) is 5.65 Å². The molecule has 0 aliphatic carbocycles. The number of carbonyl (C=O) groups excluding carboxylic acids is 1. The highest BCUT2D eigenvalue weighted by Crippen LogP contribution is 2.38. The van der Waals surface area contributed by atoms with Crippen LogP contribution in [0.25, 0.3) is 28.0 Å². The lowest BCUT2D eigenvalue weighted by molar-refractivity contribution is -0.153. The molecule has 1 aliphatic heterocycles. The highest BCUT2D eigenvalue weighted by molar-refractivity contribution is 6.30. The molecule has 5 rings (SSSR count). The van der Waals surface area contributed by atoms with E-state index in [1.165, 1.54) is 0 Å². The lowest BCUT2D eigenvalue weighted by Crippen LogP contribution is -2.55. The molecule has 0 saturated carbocycles. The normalized spacial score (nSPS) is 15.1. The number of nitriles is 1. The number of halogens is 2. The van der Waals surface area contributed by atoms with Crippen molar-refractivity contribution in [2.45, 2.75) is 38.4 Å². The van der Waals surface area contributed by atoms with Crippen molar-refractivity contribution in [3.63, 3.8) is 0 Å². The molecule has 1 amide bonds. The van der Waals surface area contributed by atoms with E-state index in [0.717, 1.165) is 22.5 Å². The largest absolute Gasteiger partial charge is 0.367 e. The Kier molecular flexibility index (Phi) is 6.97. The summed E-state index contributed by atoms with van der Waals surface area (Å²) >= 11 is 12.7. The second kappa shape index (κ2) is 10.2. The van der Waals surface area contributed by atoms with E-state index in [-0.39, 0.29) is 6.10 Å². The number of nitrogens with two attached hydrogens (primary N) is 1. The average Bonchev–Trinajstić information content (AvgIpc) is 3.28. The van der Waals surface area contributed by atoms with Crippen LogP contribution >= 0.6 is 23.2 Å². The molecule has 2 N–H and O–H groups in total. The van der Waals surface area contributed by atoms with Gasteiger partial charge in [-0.15, -0.1) is 0 Å². The molecule has 194 valence electrons. The van der Waals surface area contributed by atoms with Gasteiger partial charge in [0.25, 0.3) is 0 Å². The van der Waals surface area contributed by atoms with Crippen LogP contribution in [-0.2, 0) is 9.53 Å². The summed E-state index contributed by atoms with van der Waals surface area (Å²) in [5.74, 6) is 0.272.